The average molecular weight is 601 g/mol. The predicted molar refractivity (Wildman–Crippen MR) is 162 cm³/mol. The summed E-state index contributed by atoms with van der Waals surface area (Å²) in [6.07, 6.45) is 1.62. The van der Waals surface area contributed by atoms with Crippen LogP contribution in [0.2, 0.25) is 0 Å². The van der Waals surface area contributed by atoms with Crippen molar-refractivity contribution >= 4 is 44.1 Å². The first-order valence-electron chi connectivity index (χ1n) is 13.6. The lowest BCUT2D eigenvalue weighted by molar-refractivity contribution is -0.132. The second kappa shape index (κ2) is 11.7. The lowest BCUT2D eigenvalue weighted by atomic mass is 9.95. The van der Waals surface area contributed by atoms with Gasteiger partial charge in [0.05, 0.1) is 35.5 Å². The van der Waals surface area contributed by atoms with Crippen LogP contribution in [0.1, 0.15) is 24.1 Å². The number of methoxy groups -OCH3 is 1. The Morgan fingerprint density at radius 3 is 2.65 bits per heavy atom. The topological polar surface area (TPSA) is 117 Å². The molecule has 1 aromatic heterocycles. The van der Waals surface area contributed by atoms with Crippen molar-refractivity contribution in [2.75, 3.05) is 38.4 Å². The largest absolute Gasteiger partial charge is 0.507 e. The van der Waals surface area contributed by atoms with Crippen LogP contribution in [-0.4, -0.2) is 55.3 Å². The normalized spacial score (nSPS) is 17.3. The third kappa shape index (κ3) is 5.12. The quantitative estimate of drug-likeness (QED) is 0.112. The molecular weight excluding hydrogens is 572 g/mol. The molecule has 0 bridgehead atoms. The minimum absolute atomic E-state index is 0.0966. The van der Waals surface area contributed by atoms with E-state index in [0.717, 1.165) is 4.70 Å². The van der Waals surface area contributed by atoms with Crippen LogP contribution in [0.25, 0.3) is 16.0 Å². The number of fused-ring (bicyclic) bond motifs is 2. The van der Waals surface area contributed by atoms with Gasteiger partial charge in [0.25, 0.3) is 5.78 Å². The Hall–Kier alpha value is -5.03. The maximum absolute atomic E-state index is 13.7. The molecule has 1 atom stereocenters. The van der Waals surface area contributed by atoms with E-state index in [9.17, 15) is 14.7 Å². The van der Waals surface area contributed by atoms with Crippen LogP contribution in [0.4, 0.5) is 5.13 Å². The first-order chi connectivity index (χ1) is 20.9. The maximum Gasteiger partial charge on any atom is 0.301 e. The minimum Gasteiger partial charge on any atom is -0.507 e. The lowest BCUT2D eigenvalue weighted by Gasteiger charge is -2.24. The standard InChI is InChI=1S/C32H28N2O8S/c1-4-12-40-22-10-6-18(15-24(22)39-5-2)28-27(29(35)19-7-11-23-25(16-19)42-14-13-41-23)30(36)31(37)34(28)32-33-21-9-8-20(38-3)17-26(21)43-32/h4,6-11,15-17,28,35H,1,5,12-14H2,2-3H3/b29-27+/t28-/m1/s1. The number of ether oxygens (including phenoxy) is 5. The van der Waals surface area contributed by atoms with Gasteiger partial charge in [-0.3, -0.25) is 14.5 Å². The molecule has 0 saturated carbocycles. The number of hydrogen-bond acceptors (Lipinski definition) is 10. The SMILES string of the molecule is C=CCOc1ccc([C@@H]2/C(=C(\O)c3ccc4c(c3)OCCO4)C(=O)C(=O)N2c2nc3ccc(OC)cc3s2)cc1OCC. The Labute approximate surface area is 251 Å². The molecule has 10 nitrogen and oxygen atoms in total. The zero-order chi connectivity index (χ0) is 30.1. The molecule has 3 aromatic carbocycles. The number of rotatable bonds is 9. The van der Waals surface area contributed by atoms with Crippen molar-refractivity contribution < 1.29 is 38.4 Å². The summed E-state index contributed by atoms with van der Waals surface area (Å²) in [6.45, 7) is 6.91. The van der Waals surface area contributed by atoms with Crippen LogP contribution in [0.3, 0.4) is 0 Å². The van der Waals surface area contributed by atoms with E-state index in [1.54, 1.807) is 61.7 Å². The molecule has 2 aliphatic heterocycles. The van der Waals surface area contributed by atoms with Gasteiger partial charge in [-0.2, -0.15) is 0 Å². The van der Waals surface area contributed by atoms with Crippen LogP contribution >= 0.6 is 11.3 Å². The number of anilines is 1. The van der Waals surface area contributed by atoms with Crippen LogP contribution in [0.5, 0.6) is 28.7 Å². The molecule has 1 saturated heterocycles. The number of aliphatic hydroxyl groups is 1. The van der Waals surface area contributed by atoms with Crippen LogP contribution < -0.4 is 28.6 Å². The first-order valence-corrected chi connectivity index (χ1v) is 14.4. The third-order valence-electron chi connectivity index (χ3n) is 6.99. The van der Waals surface area contributed by atoms with Crippen LogP contribution in [0.15, 0.2) is 72.8 Å². The fourth-order valence-corrected chi connectivity index (χ4v) is 6.07. The molecule has 1 amide bonds. The number of benzene rings is 3. The summed E-state index contributed by atoms with van der Waals surface area (Å²) in [5.74, 6) is 0.470. The smallest absolute Gasteiger partial charge is 0.301 e. The van der Waals surface area contributed by atoms with Gasteiger partial charge in [0.15, 0.2) is 28.1 Å². The van der Waals surface area contributed by atoms with Crippen molar-refractivity contribution in [2.45, 2.75) is 13.0 Å². The van der Waals surface area contributed by atoms with Crippen molar-refractivity contribution in [3.05, 3.63) is 84.0 Å². The summed E-state index contributed by atoms with van der Waals surface area (Å²) < 4.78 is 29.0. The number of nitrogens with zero attached hydrogens (tertiary/aromatic N) is 2. The van der Waals surface area contributed by atoms with E-state index in [2.05, 4.69) is 11.6 Å². The van der Waals surface area contributed by atoms with Gasteiger partial charge >= 0.3 is 5.91 Å². The summed E-state index contributed by atoms with van der Waals surface area (Å²) in [4.78, 5) is 33.5. The minimum atomic E-state index is -1.02. The second-order valence-corrected chi connectivity index (χ2v) is 10.6. The molecule has 4 aromatic rings. The number of aliphatic hydroxyl groups excluding tert-OH is 1. The summed E-state index contributed by atoms with van der Waals surface area (Å²) in [5, 5.41) is 11.9. The number of ketones is 1. The number of carbonyl (C=O) groups excluding carboxylic acids is 2. The summed E-state index contributed by atoms with van der Waals surface area (Å²) >= 11 is 1.24. The van der Waals surface area contributed by atoms with E-state index in [4.69, 9.17) is 23.7 Å². The molecule has 1 fully saturated rings. The highest BCUT2D eigenvalue weighted by Gasteiger charge is 2.48. The Morgan fingerprint density at radius 1 is 1.07 bits per heavy atom. The summed E-state index contributed by atoms with van der Waals surface area (Å²) in [7, 11) is 1.57. The number of carbonyl (C=O) groups is 2. The molecule has 11 heteroatoms. The van der Waals surface area contributed by atoms with Crippen molar-refractivity contribution in [3.63, 3.8) is 0 Å². The lowest BCUT2D eigenvalue weighted by Crippen LogP contribution is -2.29. The Morgan fingerprint density at radius 2 is 1.88 bits per heavy atom. The molecule has 220 valence electrons. The third-order valence-corrected chi connectivity index (χ3v) is 8.01. The highest BCUT2D eigenvalue weighted by Crippen LogP contribution is 2.46. The van der Waals surface area contributed by atoms with E-state index in [0.29, 0.717) is 70.3 Å². The van der Waals surface area contributed by atoms with Gasteiger partial charge in [-0.05, 0) is 61.0 Å². The molecule has 43 heavy (non-hydrogen) atoms. The number of amides is 1. The van der Waals surface area contributed by atoms with Crippen LogP contribution in [-0.2, 0) is 9.59 Å². The molecule has 2 aliphatic rings. The molecule has 6 rings (SSSR count). The second-order valence-electron chi connectivity index (χ2n) is 9.60. The predicted octanol–water partition coefficient (Wildman–Crippen LogP) is 5.67. The number of aromatic nitrogens is 1. The zero-order valence-electron chi connectivity index (χ0n) is 23.5. The molecule has 0 unspecified atom stereocenters. The zero-order valence-corrected chi connectivity index (χ0v) is 24.3. The molecule has 0 radical (unpaired) electrons. The summed E-state index contributed by atoms with van der Waals surface area (Å²) in [6, 6.07) is 14.4. The molecular formula is C32H28N2O8S. The van der Waals surface area contributed by atoms with Gasteiger partial charge in [0.1, 0.15) is 31.3 Å². The Bertz CT molecular complexity index is 1780. The molecule has 0 aliphatic carbocycles. The molecule has 0 spiro atoms. The van der Waals surface area contributed by atoms with Crippen molar-refractivity contribution in [1.82, 2.24) is 4.98 Å². The van der Waals surface area contributed by atoms with E-state index >= 15 is 0 Å². The van der Waals surface area contributed by atoms with E-state index < -0.39 is 17.7 Å². The van der Waals surface area contributed by atoms with Gasteiger partial charge in [0.2, 0.25) is 0 Å². The highest BCUT2D eigenvalue weighted by molar-refractivity contribution is 7.22. The molecule has 1 N–H and O–H groups in total. The Balaban J connectivity index is 1.53. The number of Topliss-reactive ketones (excluding diaryl/α,β-unsaturated/α-hetero) is 1. The fraction of sp³-hybridized carbons (Fsp3) is 0.219. The number of thiazole rings is 1. The van der Waals surface area contributed by atoms with Crippen molar-refractivity contribution in [3.8, 4) is 28.7 Å². The van der Waals surface area contributed by atoms with Gasteiger partial charge < -0.3 is 28.8 Å². The van der Waals surface area contributed by atoms with E-state index in [1.165, 1.54) is 16.2 Å². The monoisotopic (exact) mass is 600 g/mol. The maximum atomic E-state index is 13.7. The van der Waals surface area contributed by atoms with E-state index in [1.807, 2.05) is 13.0 Å². The van der Waals surface area contributed by atoms with E-state index in [-0.39, 0.29) is 17.9 Å². The van der Waals surface area contributed by atoms with Crippen LogP contribution in [0, 0.1) is 0 Å². The van der Waals surface area contributed by atoms with Gasteiger partial charge in [-0.1, -0.05) is 30.1 Å². The Kier molecular flexibility index (Phi) is 7.64. The fourth-order valence-electron chi connectivity index (χ4n) is 5.05. The average Bonchev–Trinajstić information content (AvgIpc) is 3.57. The summed E-state index contributed by atoms with van der Waals surface area (Å²) in [5.41, 5.74) is 1.36. The van der Waals surface area contributed by atoms with Crippen molar-refractivity contribution in [1.29, 1.82) is 0 Å². The number of hydrogen-bond donors (Lipinski definition) is 1. The van der Waals surface area contributed by atoms with Crippen molar-refractivity contribution in [2.24, 2.45) is 0 Å². The van der Waals surface area contributed by atoms with Gasteiger partial charge in [-0.25, -0.2) is 4.98 Å². The first kappa shape index (κ1) is 28.1. The highest BCUT2D eigenvalue weighted by atomic mass is 32.1. The molecule has 3 heterocycles. The van der Waals surface area contributed by atoms with Gasteiger partial charge in [-0.15, -0.1) is 0 Å². The van der Waals surface area contributed by atoms with Gasteiger partial charge in [0, 0.05) is 5.56 Å².